The van der Waals surface area contributed by atoms with Gasteiger partial charge in [-0.25, -0.2) is 4.79 Å². The second kappa shape index (κ2) is 16.9. The molecule has 5 aromatic carbocycles. The Morgan fingerprint density at radius 3 is 2.09 bits per heavy atom. The van der Waals surface area contributed by atoms with E-state index in [-0.39, 0.29) is 29.0 Å². The number of anilines is 1. The van der Waals surface area contributed by atoms with Gasteiger partial charge >= 0.3 is 18.1 Å². The van der Waals surface area contributed by atoms with Gasteiger partial charge in [0.15, 0.2) is 0 Å². The summed E-state index contributed by atoms with van der Waals surface area (Å²) >= 11 is 0. The number of nitrogens with one attached hydrogen (secondary N) is 1. The van der Waals surface area contributed by atoms with Crippen molar-refractivity contribution < 1.29 is 41.8 Å². The first-order chi connectivity index (χ1) is 25.3. The van der Waals surface area contributed by atoms with E-state index in [9.17, 15) is 32.3 Å². The molecule has 1 N–H and O–H groups in total. The maximum Gasteiger partial charge on any atom is 0.417 e. The first kappa shape index (κ1) is 38.0. The number of benzene rings is 5. The fourth-order valence-electron chi connectivity index (χ4n) is 5.65. The van der Waals surface area contributed by atoms with E-state index in [4.69, 9.17) is 9.47 Å². The molecule has 272 valence electrons. The van der Waals surface area contributed by atoms with Crippen LogP contribution in [0.2, 0.25) is 0 Å². The van der Waals surface area contributed by atoms with E-state index in [1.54, 1.807) is 49.4 Å². The molecule has 1 unspecified atom stereocenters. The topological polar surface area (TPSA) is 102 Å². The number of halogens is 3. The monoisotopic (exact) mass is 722 g/mol. The van der Waals surface area contributed by atoms with Crippen LogP contribution in [0.3, 0.4) is 0 Å². The second-order valence-electron chi connectivity index (χ2n) is 12.4. The molecule has 0 saturated heterocycles. The largest absolute Gasteiger partial charge is 0.454 e. The summed E-state index contributed by atoms with van der Waals surface area (Å²) in [7, 11) is 3.04. The van der Waals surface area contributed by atoms with Crippen LogP contribution < -0.4 is 10.1 Å². The average Bonchev–Trinajstić information content (AvgIpc) is 3.15. The number of aryl methyl sites for hydroxylation is 1. The first-order valence-electron chi connectivity index (χ1n) is 16.8. The molecule has 0 aliphatic carbocycles. The van der Waals surface area contributed by atoms with E-state index in [0.29, 0.717) is 29.5 Å². The lowest BCUT2D eigenvalue weighted by molar-refractivity contribution is -0.138. The highest BCUT2D eigenvalue weighted by molar-refractivity contribution is 6.12. The minimum atomic E-state index is -4.82. The van der Waals surface area contributed by atoms with Crippen molar-refractivity contribution in [2.45, 2.75) is 38.5 Å². The van der Waals surface area contributed by atoms with Crippen LogP contribution >= 0.6 is 0 Å². The zero-order valence-corrected chi connectivity index (χ0v) is 29.3. The maximum atomic E-state index is 14.1. The molecule has 2 amide bonds. The molecular weight excluding hydrogens is 685 g/mol. The summed E-state index contributed by atoms with van der Waals surface area (Å²) in [6.45, 7) is 1.78. The number of carbonyl (C=O) groups is 4. The van der Waals surface area contributed by atoms with Crippen molar-refractivity contribution in [1.29, 1.82) is 0 Å². The molecule has 0 bridgehead atoms. The Morgan fingerprint density at radius 2 is 1.45 bits per heavy atom. The quantitative estimate of drug-likeness (QED) is 0.102. The van der Waals surface area contributed by atoms with Crippen LogP contribution in [0.15, 0.2) is 121 Å². The van der Waals surface area contributed by atoms with Crippen molar-refractivity contribution in [2.75, 3.05) is 19.4 Å². The molecule has 0 heterocycles. The molecule has 5 aromatic rings. The third-order valence-electron chi connectivity index (χ3n) is 8.37. The Morgan fingerprint density at radius 1 is 0.792 bits per heavy atom. The second-order valence-corrected chi connectivity index (χ2v) is 12.4. The number of rotatable bonds is 12. The van der Waals surface area contributed by atoms with Gasteiger partial charge in [0.2, 0.25) is 0 Å². The summed E-state index contributed by atoms with van der Waals surface area (Å²) < 4.78 is 53.4. The predicted octanol–water partition coefficient (Wildman–Crippen LogP) is 9.17. The fourth-order valence-corrected chi connectivity index (χ4v) is 5.65. The number of esters is 2. The van der Waals surface area contributed by atoms with Crippen LogP contribution in [0, 0.1) is 0 Å². The molecule has 0 aliphatic rings. The Kier molecular flexibility index (Phi) is 12.1. The average molecular weight is 723 g/mol. The van der Waals surface area contributed by atoms with E-state index in [2.05, 4.69) is 5.32 Å². The van der Waals surface area contributed by atoms with E-state index in [1.807, 2.05) is 30.3 Å². The van der Waals surface area contributed by atoms with E-state index >= 15 is 0 Å². The molecule has 8 nitrogen and oxygen atoms in total. The molecule has 0 aromatic heterocycles. The van der Waals surface area contributed by atoms with E-state index in [0.717, 1.165) is 11.6 Å². The smallest absolute Gasteiger partial charge is 0.417 e. The predicted molar refractivity (Wildman–Crippen MR) is 195 cm³/mol. The Labute approximate surface area is 305 Å². The van der Waals surface area contributed by atoms with Crippen LogP contribution in [0.25, 0.3) is 11.1 Å². The highest BCUT2D eigenvalue weighted by atomic mass is 19.4. The number of amides is 2. The molecule has 11 heteroatoms. The van der Waals surface area contributed by atoms with Gasteiger partial charge in [0.25, 0.3) is 11.8 Å². The van der Waals surface area contributed by atoms with Crippen LogP contribution in [-0.2, 0) is 22.1 Å². The third kappa shape index (κ3) is 9.76. The maximum absolute atomic E-state index is 14.1. The van der Waals surface area contributed by atoms with E-state index in [1.165, 1.54) is 61.5 Å². The fraction of sp³-hybridized carbons (Fsp3) is 0.190. The summed E-state index contributed by atoms with van der Waals surface area (Å²) in [6.07, 6.45) is -4.52. The highest BCUT2D eigenvalue weighted by Crippen LogP contribution is 2.37. The van der Waals surface area contributed by atoms with Gasteiger partial charge in [-0.2, -0.15) is 13.2 Å². The van der Waals surface area contributed by atoms with E-state index < -0.39 is 47.2 Å². The number of nitrogens with zero attached hydrogens (tertiary/aromatic N) is 1. The standard InChI is InChI=1S/C42H37F3N2O6/c1-27(29-13-6-4-7-14-29)52-41(51)31-21-23-32(24-22-31)53-37(48)19-10-12-28-20-25-36(34(26-28)40(50)47(2)3)46-39(49)38-33(30-15-8-5-9-16-30)17-11-18-35(38)42(43,44)45/h4-9,11,13-18,20-27H,10,12,19H2,1-3H3,(H,46,49). The normalized spacial score (nSPS) is 11.7. The van der Waals surface area contributed by atoms with Crippen LogP contribution in [0.4, 0.5) is 18.9 Å². The molecule has 0 spiro atoms. The van der Waals surface area contributed by atoms with Crippen LogP contribution in [0.1, 0.15) is 73.6 Å². The molecular formula is C42H37F3N2O6. The molecule has 0 saturated carbocycles. The molecule has 0 radical (unpaired) electrons. The number of hydrogen-bond acceptors (Lipinski definition) is 6. The Balaban J connectivity index is 1.24. The van der Waals surface area contributed by atoms with Crippen molar-refractivity contribution >= 4 is 29.4 Å². The summed E-state index contributed by atoms with van der Waals surface area (Å²) in [5.41, 5.74) is 0.781. The summed E-state index contributed by atoms with van der Waals surface area (Å²) in [6, 6.07) is 31.8. The minimum absolute atomic E-state index is 0.0321. The van der Waals surface area contributed by atoms with Crippen LogP contribution in [-0.4, -0.2) is 42.7 Å². The number of hydrogen-bond donors (Lipinski definition) is 1. The molecule has 0 fully saturated rings. The van der Waals surface area contributed by atoms with Crippen molar-refractivity contribution in [1.82, 2.24) is 4.90 Å². The molecule has 53 heavy (non-hydrogen) atoms. The zero-order chi connectivity index (χ0) is 38.1. The number of ether oxygens (including phenoxy) is 2. The summed E-state index contributed by atoms with van der Waals surface area (Å²) in [4.78, 5) is 53.3. The van der Waals surface area contributed by atoms with Gasteiger partial charge in [-0.3, -0.25) is 14.4 Å². The van der Waals surface area contributed by atoms with Gasteiger partial charge in [0.1, 0.15) is 11.9 Å². The Hall–Kier alpha value is -6.23. The SMILES string of the molecule is CC(OC(=O)c1ccc(OC(=O)CCCc2ccc(NC(=O)c3c(-c4ccccc4)cccc3C(F)(F)F)c(C(=O)N(C)C)c2)cc1)c1ccccc1. The van der Waals surface area contributed by atoms with Gasteiger partial charge in [-0.05, 0) is 84.5 Å². The van der Waals surface area contributed by atoms with Gasteiger partial charge in [-0.15, -0.1) is 0 Å². The highest BCUT2D eigenvalue weighted by Gasteiger charge is 2.37. The number of alkyl halides is 3. The first-order valence-corrected chi connectivity index (χ1v) is 16.8. The van der Waals surface area contributed by atoms with Gasteiger partial charge in [0.05, 0.1) is 27.9 Å². The van der Waals surface area contributed by atoms with Crippen molar-refractivity contribution in [2.24, 2.45) is 0 Å². The molecule has 1 atom stereocenters. The number of carbonyl (C=O) groups excluding carboxylic acids is 4. The summed E-state index contributed by atoms with van der Waals surface area (Å²) in [5, 5.41) is 2.55. The third-order valence-corrected chi connectivity index (χ3v) is 8.37. The lowest BCUT2D eigenvalue weighted by atomic mass is 9.94. The van der Waals surface area contributed by atoms with Gasteiger partial charge in [-0.1, -0.05) is 78.9 Å². The molecule has 0 aliphatic heterocycles. The lowest BCUT2D eigenvalue weighted by Crippen LogP contribution is -2.25. The molecule has 5 rings (SSSR count). The summed E-state index contributed by atoms with van der Waals surface area (Å²) in [5.74, 6) is -2.27. The lowest BCUT2D eigenvalue weighted by Gasteiger charge is -2.19. The van der Waals surface area contributed by atoms with Gasteiger partial charge < -0.3 is 19.7 Å². The minimum Gasteiger partial charge on any atom is -0.454 e. The zero-order valence-electron chi connectivity index (χ0n) is 29.3. The van der Waals surface area contributed by atoms with Crippen LogP contribution in [0.5, 0.6) is 5.75 Å². The van der Waals surface area contributed by atoms with Crippen molar-refractivity contribution in [3.8, 4) is 16.9 Å². The van der Waals surface area contributed by atoms with Crippen molar-refractivity contribution in [3.63, 3.8) is 0 Å². The Bertz CT molecular complexity index is 2080. The van der Waals surface area contributed by atoms with Gasteiger partial charge in [0, 0.05) is 20.5 Å². The van der Waals surface area contributed by atoms with Crippen molar-refractivity contribution in [3.05, 3.63) is 155 Å².